The normalized spacial score (nSPS) is 13.4. The minimum Gasteiger partial charge on any atom is -0.394 e. The van der Waals surface area contributed by atoms with Crippen molar-refractivity contribution < 1.29 is 9.84 Å². The van der Waals surface area contributed by atoms with Gasteiger partial charge in [-0.1, -0.05) is 11.8 Å². The molecule has 0 aliphatic rings. The summed E-state index contributed by atoms with van der Waals surface area (Å²) in [5.41, 5.74) is -0.475. The lowest BCUT2D eigenvalue weighted by atomic mass is 10.1. The summed E-state index contributed by atoms with van der Waals surface area (Å²) in [6.45, 7) is 6.13. The van der Waals surface area contributed by atoms with Crippen LogP contribution in [0.5, 0.6) is 0 Å². The number of ether oxygens (including phenoxy) is 1. The van der Waals surface area contributed by atoms with E-state index in [1.54, 1.807) is 0 Å². The summed E-state index contributed by atoms with van der Waals surface area (Å²) in [5.74, 6) is 5.54. The number of alkyl halides is 1. The van der Waals surface area contributed by atoms with E-state index in [9.17, 15) is 0 Å². The van der Waals surface area contributed by atoms with Gasteiger partial charge < -0.3 is 9.84 Å². The van der Waals surface area contributed by atoms with Crippen molar-refractivity contribution in [3.8, 4) is 11.8 Å². The Morgan fingerprint density at radius 3 is 2.58 bits per heavy atom. The van der Waals surface area contributed by atoms with Crippen LogP contribution in [0.1, 0.15) is 20.8 Å². The third-order valence-corrected chi connectivity index (χ3v) is 1.44. The molecule has 0 aromatic rings. The van der Waals surface area contributed by atoms with Crippen molar-refractivity contribution in [2.45, 2.75) is 31.7 Å². The fraction of sp³-hybridized carbons (Fsp3) is 0.778. The van der Waals surface area contributed by atoms with E-state index in [0.717, 1.165) is 0 Å². The second kappa shape index (κ2) is 5.42. The second-order valence-corrected chi connectivity index (χ2v) is 3.39. The Kier molecular flexibility index (Phi) is 5.32. The highest BCUT2D eigenvalue weighted by molar-refractivity contribution is 6.22. The van der Waals surface area contributed by atoms with Crippen LogP contribution in [0.4, 0.5) is 0 Å². The fourth-order valence-corrected chi connectivity index (χ4v) is 0.749. The van der Waals surface area contributed by atoms with Crippen LogP contribution in [0, 0.1) is 11.8 Å². The molecule has 0 aliphatic carbocycles. The Hall–Kier alpha value is -0.230. The molecule has 0 spiro atoms. The lowest BCUT2D eigenvalue weighted by Gasteiger charge is -2.17. The number of halogens is 1. The van der Waals surface area contributed by atoms with Gasteiger partial charge in [-0.15, -0.1) is 11.6 Å². The summed E-state index contributed by atoms with van der Waals surface area (Å²) in [7, 11) is 0. The minimum absolute atomic E-state index is 0.128. The van der Waals surface area contributed by atoms with E-state index in [-0.39, 0.29) is 6.61 Å². The van der Waals surface area contributed by atoms with Gasteiger partial charge in [0.05, 0.1) is 6.61 Å². The molecule has 3 heteroatoms. The molecule has 1 atom stereocenters. The molecule has 2 nitrogen and oxygen atoms in total. The van der Waals surface area contributed by atoms with Crippen molar-refractivity contribution in [1.82, 2.24) is 0 Å². The van der Waals surface area contributed by atoms with Crippen molar-refractivity contribution in [3.63, 3.8) is 0 Å². The second-order valence-electron chi connectivity index (χ2n) is 2.86. The zero-order valence-corrected chi connectivity index (χ0v) is 8.48. The largest absolute Gasteiger partial charge is 0.394 e. The van der Waals surface area contributed by atoms with Gasteiger partial charge in [0.25, 0.3) is 0 Å². The maximum absolute atomic E-state index is 8.59. The predicted molar refractivity (Wildman–Crippen MR) is 50.2 cm³/mol. The van der Waals surface area contributed by atoms with E-state index < -0.39 is 11.0 Å². The van der Waals surface area contributed by atoms with Crippen LogP contribution in [0.2, 0.25) is 0 Å². The summed E-state index contributed by atoms with van der Waals surface area (Å²) < 4.78 is 5.31. The molecule has 1 N–H and O–H groups in total. The fourth-order valence-electron chi connectivity index (χ4n) is 0.695. The molecule has 1 unspecified atom stereocenters. The van der Waals surface area contributed by atoms with Crippen LogP contribution in [-0.2, 0) is 4.74 Å². The molecule has 12 heavy (non-hydrogen) atoms. The summed E-state index contributed by atoms with van der Waals surface area (Å²) in [6, 6.07) is 0. The molecule has 0 aliphatic heterocycles. The third-order valence-electron chi connectivity index (χ3n) is 1.20. The quantitative estimate of drug-likeness (QED) is 0.539. The van der Waals surface area contributed by atoms with Crippen molar-refractivity contribution >= 4 is 11.6 Å². The minimum atomic E-state index is -0.496. The van der Waals surface area contributed by atoms with Gasteiger partial charge in [0.1, 0.15) is 11.0 Å². The first-order chi connectivity index (χ1) is 5.52. The van der Waals surface area contributed by atoms with Gasteiger partial charge in [0, 0.05) is 6.61 Å². The standard InChI is InChI=1S/C9H15ClO2/c1-4-12-9(2,3)6-5-8(10)7-11/h8,11H,4,7H2,1-3H3. The Morgan fingerprint density at radius 1 is 1.58 bits per heavy atom. The third kappa shape index (κ3) is 5.42. The first kappa shape index (κ1) is 11.8. The van der Waals surface area contributed by atoms with E-state index in [0.29, 0.717) is 6.61 Å². The average Bonchev–Trinajstić information content (AvgIpc) is 2.00. The van der Waals surface area contributed by atoms with Gasteiger partial charge in [-0.2, -0.15) is 0 Å². The van der Waals surface area contributed by atoms with Crippen LogP contribution >= 0.6 is 11.6 Å². The Balaban J connectivity index is 4.07. The maximum Gasteiger partial charge on any atom is 0.123 e. The van der Waals surface area contributed by atoms with Gasteiger partial charge in [0.2, 0.25) is 0 Å². The highest BCUT2D eigenvalue weighted by atomic mass is 35.5. The molecule has 0 saturated carbocycles. The number of hydrogen-bond donors (Lipinski definition) is 1. The van der Waals surface area contributed by atoms with Gasteiger partial charge in [0.15, 0.2) is 0 Å². The van der Waals surface area contributed by atoms with Crippen molar-refractivity contribution in [2.75, 3.05) is 13.2 Å². The summed E-state index contributed by atoms with van der Waals surface area (Å²) in [6.07, 6.45) is 0. The van der Waals surface area contributed by atoms with Gasteiger partial charge >= 0.3 is 0 Å². The van der Waals surface area contributed by atoms with Crippen LogP contribution in [0.25, 0.3) is 0 Å². The van der Waals surface area contributed by atoms with E-state index >= 15 is 0 Å². The predicted octanol–water partition coefficient (Wildman–Crippen LogP) is 1.40. The first-order valence-corrected chi connectivity index (χ1v) is 4.37. The maximum atomic E-state index is 8.59. The Bertz CT molecular complexity index is 179. The van der Waals surface area contributed by atoms with Crippen LogP contribution in [-0.4, -0.2) is 29.3 Å². The molecule has 0 amide bonds. The van der Waals surface area contributed by atoms with E-state index in [1.807, 2.05) is 20.8 Å². The van der Waals surface area contributed by atoms with Gasteiger partial charge in [-0.25, -0.2) is 0 Å². The van der Waals surface area contributed by atoms with Crippen LogP contribution in [0.3, 0.4) is 0 Å². The Labute approximate surface area is 78.9 Å². The SMILES string of the molecule is CCOC(C)(C)C#CC(Cl)CO. The Morgan fingerprint density at radius 2 is 2.17 bits per heavy atom. The number of hydrogen-bond acceptors (Lipinski definition) is 2. The van der Waals surface area contributed by atoms with E-state index in [2.05, 4.69) is 11.8 Å². The van der Waals surface area contributed by atoms with E-state index in [4.69, 9.17) is 21.4 Å². The first-order valence-electron chi connectivity index (χ1n) is 3.93. The highest BCUT2D eigenvalue weighted by Gasteiger charge is 2.13. The van der Waals surface area contributed by atoms with Crippen LogP contribution < -0.4 is 0 Å². The van der Waals surface area contributed by atoms with Gasteiger partial charge in [-0.3, -0.25) is 0 Å². The molecule has 0 bridgehead atoms. The molecule has 0 saturated heterocycles. The van der Waals surface area contributed by atoms with Crippen molar-refractivity contribution in [2.24, 2.45) is 0 Å². The molecule has 0 heterocycles. The summed E-state index contributed by atoms with van der Waals surface area (Å²) in [4.78, 5) is 0. The lowest BCUT2D eigenvalue weighted by molar-refractivity contribution is 0.0361. The summed E-state index contributed by atoms with van der Waals surface area (Å²) >= 11 is 5.59. The lowest BCUT2D eigenvalue weighted by Crippen LogP contribution is -2.22. The molecule has 0 aromatic heterocycles. The monoisotopic (exact) mass is 190 g/mol. The number of rotatable bonds is 3. The zero-order chi connectivity index (χ0) is 9.61. The summed E-state index contributed by atoms with van der Waals surface area (Å²) in [5, 5.41) is 8.09. The average molecular weight is 191 g/mol. The highest BCUT2D eigenvalue weighted by Crippen LogP contribution is 2.06. The number of aliphatic hydroxyl groups excluding tert-OH is 1. The topological polar surface area (TPSA) is 29.5 Å². The molecule has 0 fully saturated rings. The van der Waals surface area contributed by atoms with Crippen molar-refractivity contribution in [1.29, 1.82) is 0 Å². The molecule has 0 radical (unpaired) electrons. The molecular formula is C9H15ClO2. The van der Waals surface area contributed by atoms with Crippen LogP contribution in [0.15, 0.2) is 0 Å². The van der Waals surface area contributed by atoms with Gasteiger partial charge in [-0.05, 0) is 20.8 Å². The molecule has 0 aromatic carbocycles. The van der Waals surface area contributed by atoms with Crippen molar-refractivity contribution in [3.05, 3.63) is 0 Å². The van der Waals surface area contributed by atoms with E-state index in [1.165, 1.54) is 0 Å². The molecular weight excluding hydrogens is 176 g/mol. The number of aliphatic hydroxyl groups is 1. The smallest absolute Gasteiger partial charge is 0.123 e. The molecule has 0 rings (SSSR count). The zero-order valence-electron chi connectivity index (χ0n) is 7.72. The molecule has 70 valence electrons.